The van der Waals surface area contributed by atoms with E-state index in [0.717, 1.165) is 67.1 Å². The summed E-state index contributed by atoms with van der Waals surface area (Å²) >= 11 is 0. The SMILES string of the molecule is Cc1cc(C)c(-c2c3nc(c(-c4c(C)cc(C)cc4C)c4ccc([nH]4)c(-c4c(C)cc(N(C)C)cc4C)c4nc(c(-c5c(C)cc(C)cc5C)c5ccc2[nH]5)C=C4)C=C3)c(C)c1. The molecule has 5 heterocycles. The molecule has 0 radical (unpaired) electrons. The smallest absolute Gasteiger partial charge is 0.0737 e. The highest BCUT2D eigenvalue weighted by Crippen LogP contribution is 2.43. The molecule has 0 amide bonds. The molecule has 5 heteroatoms. The van der Waals surface area contributed by atoms with Gasteiger partial charge < -0.3 is 14.9 Å². The number of anilines is 1. The molecule has 2 N–H and O–H groups in total. The molecule has 0 saturated heterocycles. The Labute approximate surface area is 367 Å². The van der Waals surface area contributed by atoms with Crippen molar-refractivity contribution in [3.8, 4) is 44.5 Å². The molecule has 0 unspecified atom stereocenters. The van der Waals surface area contributed by atoms with Crippen LogP contribution in [0.5, 0.6) is 0 Å². The largest absolute Gasteiger partial charge is 0.378 e. The van der Waals surface area contributed by atoms with Gasteiger partial charge in [0.15, 0.2) is 0 Å². The average Bonchev–Trinajstić information content (AvgIpc) is 4.02. The number of aromatic amines is 2. The Morgan fingerprint density at radius 3 is 0.774 bits per heavy atom. The Morgan fingerprint density at radius 1 is 0.323 bits per heavy atom. The lowest BCUT2D eigenvalue weighted by Gasteiger charge is -2.18. The van der Waals surface area contributed by atoms with Crippen LogP contribution < -0.4 is 4.90 Å². The molecule has 0 saturated carbocycles. The maximum atomic E-state index is 5.66. The number of nitrogens with one attached hydrogen (secondary N) is 2. The molecule has 62 heavy (non-hydrogen) atoms. The molecule has 5 nitrogen and oxygen atoms in total. The van der Waals surface area contributed by atoms with Crippen LogP contribution in [0.4, 0.5) is 5.69 Å². The molecular weight excluding hydrogens is 755 g/mol. The van der Waals surface area contributed by atoms with Gasteiger partial charge in [0, 0.05) is 64.1 Å². The van der Waals surface area contributed by atoms with E-state index in [1.807, 2.05) is 0 Å². The predicted molar refractivity (Wildman–Crippen MR) is 267 cm³/mol. The number of benzene rings is 4. The molecule has 2 aliphatic rings. The zero-order valence-electron chi connectivity index (χ0n) is 38.6. The monoisotopic (exact) mass is 811 g/mol. The van der Waals surface area contributed by atoms with E-state index in [-0.39, 0.29) is 0 Å². The zero-order chi connectivity index (χ0) is 43.9. The van der Waals surface area contributed by atoms with Crippen LogP contribution in [-0.4, -0.2) is 34.0 Å². The van der Waals surface area contributed by atoms with E-state index >= 15 is 0 Å². The molecule has 4 aromatic carbocycles. The molecule has 2 aliphatic heterocycles. The summed E-state index contributed by atoms with van der Waals surface area (Å²) in [5.74, 6) is 0. The van der Waals surface area contributed by atoms with Gasteiger partial charge in [-0.15, -0.1) is 0 Å². The number of aromatic nitrogens is 4. The summed E-state index contributed by atoms with van der Waals surface area (Å²) in [6.45, 7) is 24.3. The van der Waals surface area contributed by atoms with Crippen LogP contribution in [0.1, 0.15) is 84.0 Å². The van der Waals surface area contributed by atoms with Crippen molar-refractivity contribution in [3.63, 3.8) is 0 Å². The van der Waals surface area contributed by atoms with Crippen molar-refractivity contribution in [2.45, 2.75) is 76.2 Å². The fourth-order valence-electron chi connectivity index (χ4n) is 10.6. The van der Waals surface area contributed by atoms with Crippen LogP contribution in [0.15, 0.2) is 72.8 Å². The van der Waals surface area contributed by atoms with Gasteiger partial charge in [-0.2, -0.15) is 0 Å². The van der Waals surface area contributed by atoms with Gasteiger partial charge in [0.05, 0.1) is 22.8 Å². The van der Waals surface area contributed by atoms with Crippen LogP contribution in [0.25, 0.3) is 90.9 Å². The first-order valence-electron chi connectivity index (χ1n) is 21.8. The third-order valence-electron chi connectivity index (χ3n) is 12.8. The third kappa shape index (κ3) is 6.90. The molecular formula is C57H57N5. The van der Waals surface area contributed by atoms with Crippen LogP contribution in [0.2, 0.25) is 0 Å². The summed E-state index contributed by atoms with van der Waals surface area (Å²) < 4.78 is 0. The van der Waals surface area contributed by atoms with Gasteiger partial charge in [-0.3, -0.25) is 0 Å². The highest BCUT2D eigenvalue weighted by molar-refractivity contribution is 6.02. The van der Waals surface area contributed by atoms with Crippen LogP contribution in [-0.2, 0) is 0 Å². The van der Waals surface area contributed by atoms with Crippen molar-refractivity contribution in [1.82, 2.24) is 19.9 Å². The fraction of sp³-hybridized carbons (Fsp3) is 0.228. The van der Waals surface area contributed by atoms with Crippen LogP contribution in [0, 0.1) is 76.2 Å². The Bertz CT molecular complexity index is 3120. The summed E-state index contributed by atoms with van der Waals surface area (Å²) in [6, 6.07) is 27.3. The Kier molecular flexibility index (Phi) is 10.1. The predicted octanol–water partition coefficient (Wildman–Crippen LogP) is 14.8. The van der Waals surface area contributed by atoms with E-state index in [1.165, 1.54) is 89.1 Å². The lowest BCUT2D eigenvalue weighted by molar-refractivity contribution is 1.12. The molecule has 8 bridgehead atoms. The van der Waals surface area contributed by atoms with Gasteiger partial charge in [-0.1, -0.05) is 53.1 Å². The van der Waals surface area contributed by atoms with Crippen molar-refractivity contribution in [2.75, 3.05) is 19.0 Å². The topological polar surface area (TPSA) is 60.6 Å². The van der Waals surface area contributed by atoms with E-state index in [2.05, 4.69) is 202 Å². The highest BCUT2D eigenvalue weighted by atomic mass is 15.1. The maximum Gasteiger partial charge on any atom is 0.0737 e. The summed E-state index contributed by atoms with van der Waals surface area (Å²) in [4.78, 5) is 21.5. The molecule has 7 aromatic rings. The molecule has 0 atom stereocenters. The summed E-state index contributed by atoms with van der Waals surface area (Å²) in [7, 11) is 4.21. The quantitative estimate of drug-likeness (QED) is 0.182. The van der Waals surface area contributed by atoms with Gasteiger partial charge in [0.25, 0.3) is 0 Å². The maximum absolute atomic E-state index is 5.66. The fourth-order valence-corrected chi connectivity index (χ4v) is 10.6. The van der Waals surface area contributed by atoms with Crippen molar-refractivity contribution in [2.24, 2.45) is 0 Å². The minimum absolute atomic E-state index is 0.923. The van der Waals surface area contributed by atoms with Crippen LogP contribution in [0.3, 0.4) is 0 Å². The lowest BCUT2D eigenvalue weighted by Crippen LogP contribution is -2.09. The Balaban J connectivity index is 1.54. The normalized spacial score (nSPS) is 12.1. The van der Waals surface area contributed by atoms with E-state index in [1.54, 1.807) is 0 Å². The number of aryl methyl sites for hydroxylation is 11. The minimum Gasteiger partial charge on any atom is -0.378 e. The molecule has 3 aromatic heterocycles. The van der Waals surface area contributed by atoms with Gasteiger partial charge in [-0.05, 0) is 204 Å². The number of hydrogen-bond acceptors (Lipinski definition) is 3. The van der Waals surface area contributed by atoms with E-state index in [4.69, 9.17) is 9.97 Å². The molecule has 0 fully saturated rings. The highest BCUT2D eigenvalue weighted by Gasteiger charge is 2.23. The lowest BCUT2D eigenvalue weighted by atomic mass is 9.92. The molecule has 0 aliphatic carbocycles. The van der Waals surface area contributed by atoms with E-state index in [9.17, 15) is 0 Å². The first-order valence-corrected chi connectivity index (χ1v) is 21.8. The number of H-pyrrole nitrogens is 2. The van der Waals surface area contributed by atoms with Gasteiger partial charge in [0.1, 0.15) is 0 Å². The van der Waals surface area contributed by atoms with Crippen molar-refractivity contribution in [1.29, 1.82) is 0 Å². The van der Waals surface area contributed by atoms with E-state index < -0.39 is 0 Å². The number of rotatable bonds is 5. The number of hydrogen-bond donors (Lipinski definition) is 2. The number of fused-ring (bicyclic) bond motifs is 8. The second kappa shape index (κ2) is 15.3. The van der Waals surface area contributed by atoms with Gasteiger partial charge in [0.2, 0.25) is 0 Å². The zero-order valence-corrected chi connectivity index (χ0v) is 38.6. The first-order chi connectivity index (χ1) is 29.6. The summed E-state index contributed by atoms with van der Waals surface area (Å²) in [5.41, 5.74) is 31.5. The van der Waals surface area contributed by atoms with Gasteiger partial charge in [-0.25, -0.2) is 9.97 Å². The molecule has 9 rings (SSSR count). The molecule has 310 valence electrons. The Hall–Kier alpha value is -6.72. The second-order valence-electron chi connectivity index (χ2n) is 18.2. The van der Waals surface area contributed by atoms with Crippen LogP contribution >= 0.6 is 0 Å². The third-order valence-corrected chi connectivity index (χ3v) is 12.8. The second-order valence-corrected chi connectivity index (χ2v) is 18.2. The van der Waals surface area contributed by atoms with Crippen molar-refractivity contribution >= 4 is 52.1 Å². The van der Waals surface area contributed by atoms with E-state index in [0.29, 0.717) is 0 Å². The summed E-state index contributed by atoms with van der Waals surface area (Å²) in [5, 5.41) is 0. The standard InChI is InChI=1S/C57H57N5/c1-30-22-33(4)50(34(5)23-30)54-42-14-16-44(58-42)55(51-35(6)24-31(2)25-36(51)7)46-18-20-48(60-46)57(53-39(10)28-41(62(12)13)29-40(53)11)49-21-19-47(61-49)56(45-17-15-43(54)59-45)52-37(8)26-32(3)27-38(52)9/h14-29,58,61H,1-13H3. The van der Waals surface area contributed by atoms with Crippen molar-refractivity contribution < 1.29 is 0 Å². The molecule has 0 spiro atoms. The van der Waals surface area contributed by atoms with Crippen molar-refractivity contribution in [3.05, 3.63) is 157 Å². The minimum atomic E-state index is 0.923. The van der Waals surface area contributed by atoms with Gasteiger partial charge >= 0.3 is 0 Å². The summed E-state index contributed by atoms with van der Waals surface area (Å²) in [6.07, 6.45) is 8.85. The first kappa shape index (κ1) is 40.7. The average molecular weight is 812 g/mol. The number of nitrogens with zero attached hydrogens (tertiary/aromatic N) is 3. The Morgan fingerprint density at radius 2 is 0.548 bits per heavy atom.